The molecule has 370 valence electrons. The van der Waals surface area contributed by atoms with E-state index in [1.807, 2.05) is 0 Å². The zero-order valence-electron chi connectivity index (χ0n) is 42.5. The third-order valence-electron chi connectivity index (χ3n) is 11.7. The molecule has 0 aliphatic heterocycles. The molecule has 0 spiro atoms. The van der Waals surface area contributed by atoms with E-state index in [0.717, 1.165) is 89.9 Å². The Morgan fingerprint density at radius 3 is 1.09 bits per heavy atom. The lowest BCUT2D eigenvalue weighted by Gasteiger charge is -2.18. The molecule has 0 heterocycles. The van der Waals surface area contributed by atoms with E-state index in [0.29, 0.717) is 19.4 Å². The standard InChI is InChI=1S/C59H104O5/c1-4-7-10-13-16-19-22-25-27-28-29-30-31-33-36-39-42-45-48-51-54-62-55-57(64-59(61)53-50-47-44-41-38-34-24-21-18-15-12-9-6-3)56-63-58(60)52-49-46-43-40-37-35-32-26-23-20-17-14-11-8-5-2/h12,15-17,19-21,24-27,32,57H,4-11,13-14,18,22-23,28-31,33-56H2,1-3H3/b15-12-,19-16-,20-17-,24-21-,27-25-,32-26-. The average molecular weight is 893 g/mol. The first-order chi connectivity index (χ1) is 31.6. The van der Waals surface area contributed by atoms with Gasteiger partial charge in [-0.15, -0.1) is 0 Å². The molecule has 64 heavy (non-hydrogen) atoms. The van der Waals surface area contributed by atoms with Gasteiger partial charge in [0.25, 0.3) is 0 Å². The van der Waals surface area contributed by atoms with Gasteiger partial charge in [-0.25, -0.2) is 0 Å². The molecule has 0 N–H and O–H groups in total. The molecule has 0 aromatic heterocycles. The molecule has 0 aliphatic carbocycles. The molecule has 5 heteroatoms. The summed E-state index contributed by atoms with van der Waals surface area (Å²) in [5.41, 5.74) is 0. The maximum atomic E-state index is 12.8. The molecule has 5 nitrogen and oxygen atoms in total. The second-order valence-corrected chi connectivity index (χ2v) is 18.1. The van der Waals surface area contributed by atoms with Gasteiger partial charge in [-0.1, -0.05) is 216 Å². The zero-order chi connectivity index (χ0) is 46.3. The van der Waals surface area contributed by atoms with Gasteiger partial charge >= 0.3 is 11.9 Å². The van der Waals surface area contributed by atoms with Crippen molar-refractivity contribution < 1.29 is 23.8 Å². The number of hydrogen-bond acceptors (Lipinski definition) is 5. The van der Waals surface area contributed by atoms with Crippen LogP contribution in [-0.2, 0) is 23.8 Å². The van der Waals surface area contributed by atoms with Crippen molar-refractivity contribution in [1.29, 1.82) is 0 Å². The van der Waals surface area contributed by atoms with E-state index in [9.17, 15) is 9.59 Å². The van der Waals surface area contributed by atoms with E-state index in [2.05, 4.69) is 93.7 Å². The first-order valence-corrected chi connectivity index (χ1v) is 27.5. The highest BCUT2D eigenvalue weighted by atomic mass is 16.6. The molecule has 0 saturated heterocycles. The third-order valence-corrected chi connectivity index (χ3v) is 11.7. The second kappa shape index (κ2) is 54.7. The van der Waals surface area contributed by atoms with Gasteiger partial charge in [-0.3, -0.25) is 9.59 Å². The number of carbonyl (C=O) groups excluding carboxylic acids is 2. The molecule has 1 unspecified atom stereocenters. The number of hydrogen-bond donors (Lipinski definition) is 0. The number of allylic oxidation sites excluding steroid dienone is 12. The van der Waals surface area contributed by atoms with Crippen LogP contribution in [0.3, 0.4) is 0 Å². The Kier molecular flexibility index (Phi) is 52.4. The molecule has 0 bridgehead atoms. The van der Waals surface area contributed by atoms with E-state index in [4.69, 9.17) is 14.2 Å². The predicted octanol–water partition coefficient (Wildman–Crippen LogP) is 18.7. The van der Waals surface area contributed by atoms with Crippen molar-refractivity contribution in [2.24, 2.45) is 0 Å². The van der Waals surface area contributed by atoms with Crippen LogP contribution in [0.1, 0.15) is 265 Å². The molecule has 0 fully saturated rings. The Bertz CT molecular complexity index is 1150. The van der Waals surface area contributed by atoms with Gasteiger partial charge in [0.1, 0.15) is 6.61 Å². The minimum Gasteiger partial charge on any atom is -0.462 e. The highest BCUT2D eigenvalue weighted by Crippen LogP contribution is 2.14. The lowest BCUT2D eigenvalue weighted by Crippen LogP contribution is -2.30. The van der Waals surface area contributed by atoms with Crippen molar-refractivity contribution >= 4 is 11.9 Å². The Labute approximate surface area is 397 Å². The van der Waals surface area contributed by atoms with Crippen molar-refractivity contribution in [1.82, 2.24) is 0 Å². The Morgan fingerprint density at radius 2 is 0.688 bits per heavy atom. The molecule has 0 rings (SSSR count). The largest absolute Gasteiger partial charge is 0.462 e. The topological polar surface area (TPSA) is 61.8 Å². The fourth-order valence-electron chi connectivity index (χ4n) is 7.55. The van der Waals surface area contributed by atoms with Crippen molar-refractivity contribution in [3.05, 3.63) is 72.9 Å². The normalized spacial score (nSPS) is 12.7. The van der Waals surface area contributed by atoms with Crippen molar-refractivity contribution in [3.63, 3.8) is 0 Å². The van der Waals surface area contributed by atoms with Crippen molar-refractivity contribution in [2.45, 2.75) is 271 Å². The summed E-state index contributed by atoms with van der Waals surface area (Å²) in [6.07, 6.45) is 70.6. The van der Waals surface area contributed by atoms with Gasteiger partial charge in [0.2, 0.25) is 0 Å². The van der Waals surface area contributed by atoms with Gasteiger partial charge in [-0.05, 0) is 109 Å². The molecule has 0 aromatic carbocycles. The number of rotatable bonds is 50. The van der Waals surface area contributed by atoms with Gasteiger partial charge < -0.3 is 14.2 Å². The fraction of sp³-hybridized carbons (Fsp3) is 0.763. The molecular formula is C59H104O5. The van der Waals surface area contributed by atoms with E-state index >= 15 is 0 Å². The molecule has 0 radical (unpaired) electrons. The van der Waals surface area contributed by atoms with E-state index in [1.54, 1.807) is 0 Å². The molecule has 0 aromatic rings. The first-order valence-electron chi connectivity index (χ1n) is 27.5. The summed E-state index contributed by atoms with van der Waals surface area (Å²) >= 11 is 0. The molecule has 0 aliphatic rings. The van der Waals surface area contributed by atoms with Crippen LogP contribution in [-0.4, -0.2) is 37.9 Å². The monoisotopic (exact) mass is 893 g/mol. The Hall–Kier alpha value is -2.66. The van der Waals surface area contributed by atoms with Crippen LogP contribution in [0.4, 0.5) is 0 Å². The molecule has 0 amide bonds. The number of esters is 2. The maximum Gasteiger partial charge on any atom is 0.306 e. The quantitative estimate of drug-likeness (QED) is 0.0346. The van der Waals surface area contributed by atoms with Gasteiger partial charge in [0.15, 0.2) is 6.10 Å². The summed E-state index contributed by atoms with van der Waals surface area (Å²) in [4.78, 5) is 25.4. The summed E-state index contributed by atoms with van der Waals surface area (Å²) in [6.45, 7) is 7.70. The molecular weight excluding hydrogens is 789 g/mol. The van der Waals surface area contributed by atoms with Gasteiger partial charge in [-0.2, -0.15) is 0 Å². The van der Waals surface area contributed by atoms with Crippen LogP contribution in [0.25, 0.3) is 0 Å². The lowest BCUT2D eigenvalue weighted by atomic mass is 10.1. The first kappa shape index (κ1) is 61.3. The Morgan fingerprint density at radius 1 is 0.344 bits per heavy atom. The molecule has 1 atom stereocenters. The summed E-state index contributed by atoms with van der Waals surface area (Å²) in [6, 6.07) is 0. The highest BCUT2D eigenvalue weighted by Gasteiger charge is 2.17. The summed E-state index contributed by atoms with van der Waals surface area (Å²) in [7, 11) is 0. The Balaban J connectivity index is 4.27. The van der Waals surface area contributed by atoms with Crippen molar-refractivity contribution in [3.8, 4) is 0 Å². The number of carbonyl (C=O) groups is 2. The van der Waals surface area contributed by atoms with Crippen LogP contribution in [0, 0.1) is 0 Å². The fourth-order valence-corrected chi connectivity index (χ4v) is 7.55. The predicted molar refractivity (Wildman–Crippen MR) is 279 cm³/mol. The van der Waals surface area contributed by atoms with Gasteiger partial charge in [0, 0.05) is 19.4 Å². The van der Waals surface area contributed by atoms with Crippen LogP contribution in [0.2, 0.25) is 0 Å². The number of unbranched alkanes of at least 4 members (excludes halogenated alkanes) is 27. The minimum absolute atomic E-state index is 0.0697. The van der Waals surface area contributed by atoms with E-state index < -0.39 is 6.10 Å². The van der Waals surface area contributed by atoms with Crippen LogP contribution >= 0.6 is 0 Å². The summed E-state index contributed by atoms with van der Waals surface area (Å²) in [5.74, 6) is -0.427. The SMILES string of the molecule is CCC/C=C\C/C=C\CCCCCCCC(=O)OC(COCCCCCCCCCCCC/C=C\C/C=C\CCCCC)COC(=O)CCCCCCC/C=C\C/C=C\CCCCC. The zero-order valence-corrected chi connectivity index (χ0v) is 42.5. The van der Waals surface area contributed by atoms with Crippen LogP contribution in [0.5, 0.6) is 0 Å². The van der Waals surface area contributed by atoms with E-state index in [1.165, 1.54) is 141 Å². The number of ether oxygens (including phenoxy) is 3. The average Bonchev–Trinajstić information content (AvgIpc) is 3.30. The molecule has 0 saturated carbocycles. The smallest absolute Gasteiger partial charge is 0.306 e. The summed E-state index contributed by atoms with van der Waals surface area (Å²) < 4.78 is 17.4. The maximum absolute atomic E-state index is 12.8. The van der Waals surface area contributed by atoms with E-state index in [-0.39, 0.29) is 25.2 Å². The minimum atomic E-state index is -0.553. The second-order valence-electron chi connectivity index (χ2n) is 18.1. The summed E-state index contributed by atoms with van der Waals surface area (Å²) in [5, 5.41) is 0. The van der Waals surface area contributed by atoms with Crippen LogP contribution < -0.4 is 0 Å². The van der Waals surface area contributed by atoms with Crippen molar-refractivity contribution in [2.75, 3.05) is 19.8 Å². The third kappa shape index (κ3) is 52.0. The van der Waals surface area contributed by atoms with Crippen LogP contribution in [0.15, 0.2) is 72.9 Å². The highest BCUT2D eigenvalue weighted by molar-refractivity contribution is 5.70. The lowest BCUT2D eigenvalue weighted by molar-refractivity contribution is -0.163. The van der Waals surface area contributed by atoms with Gasteiger partial charge in [0.05, 0.1) is 6.61 Å².